The van der Waals surface area contributed by atoms with E-state index in [0.717, 1.165) is 109 Å². The summed E-state index contributed by atoms with van der Waals surface area (Å²) in [7, 11) is 0. The Bertz CT molecular complexity index is 1860. The predicted molar refractivity (Wildman–Crippen MR) is 340 cm³/mol. The monoisotopic (exact) mass is 1160 g/mol. The second-order valence-corrected chi connectivity index (χ2v) is 22.0. The van der Waals surface area contributed by atoms with Gasteiger partial charge in [-0.3, -0.25) is 14.4 Å². The Morgan fingerprint density at radius 1 is 0.422 bits per heavy atom. The van der Waals surface area contributed by atoms with Gasteiger partial charge >= 0.3 is 23.9 Å². The number of aliphatic hydroxyl groups excluding tert-OH is 2. The molecule has 0 aromatic rings. The van der Waals surface area contributed by atoms with E-state index in [-0.39, 0.29) is 25.9 Å². The fourth-order valence-electron chi connectivity index (χ4n) is 9.44. The number of carboxylic acid groups (broad SMARTS) is 1. The summed E-state index contributed by atoms with van der Waals surface area (Å²) < 4.78 is 28.4. The lowest BCUT2D eigenvalue weighted by atomic mass is 9.98. The van der Waals surface area contributed by atoms with E-state index in [1.807, 2.05) is 12.2 Å². The van der Waals surface area contributed by atoms with Crippen LogP contribution < -0.4 is 0 Å². The van der Waals surface area contributed by atoms with Crippen molar-refractivity contribution in [2.45, 2.75) is 302 Å². The van der Waals surface area contributed by atoms with Crippen molar-refractivity contribution in [2.75, 3.05) is 13.2 Å². The van der Waals surface area contributed by atoms with Crippen LogP contribution in [0.5, 0.6) is 0 Å². The van der Waals surface area contributed by atoms with E-state index in [1.54, 1.807) is 12.2 Å². The van der Waals surface area contributed by atoms with Crippen LogP contribution in [-0.4, -0.2) is 89.2 Å². The topological polar surface area (TPSA) is 175 Å². The standard InChI is InChI=1S/C71H116O12/c1-4-7-10-13-16-19-22-25-28-30-32-34-37-39-42-45-48-51-54-57-63(72)79-60-62(81-64(73)58-55-52-49-46-43-41-38-35-33-31-29-26-23-20-17-14-11-8-5-2)61-80-71-69(67(76)66(75)68(83-71)70(77)78)82-65(74)59-56-53-50-47-44-40-36-27-24-21-18-15-12-9-6-3/h7,9-10,12,16,18-19,21,25,27-28,32,34,36,44,47,53,56,62,66-69,71,75-76H,4-6,8,11,13-15,17,20,22-24,26,29-31,33,35,37-43,45-46,48-52,54-55,57-61H2,1-3H3,(H,77,78)/b10-7-,12-9-,19-16-,21-18-,28-25-,34-32-,36-27-,47-44-,56-53-. The van der Waals surface area contributed by atoms with Gasteiger partial charge in [-0.2, -0.15) is 0 Å². The average molecular weight is 1160 g/mol. The molecule has 1 aliphatic heterocycles. The van der Waals surface area contributed by atoms with Gasteiger partial charge in [-0.1, -0.05) is 271 Å². The number of aliphatic hydroxyl groups is 2. The normalized spacial score (nSPS) is 18.3. The molecule has 0 amide bonds. The lowest BCUT2D eigenvalue weighted by molar-refractivity contribution is -0.301. The molecule has 0 radical (unpaired) electrons. The van der Waals surface area contributed by atoms with Crippen LogP contribution in [0.4, 0.5) is 0 Å². The van der Waals surface area contributed by atoms with Gasteiger partial charge in [0, 0.05) is 12.8 Å². The van der Waals surface area contributed by atoms with Gasteiger partial charge in [0.1, 0.15) is 18.8 Å². The molecule has 83 heavy (non-hydrogen) atoms. The first-order valence-corrected chi connectivity index (χ1v) is 32.9. The van der Waals surface area contributed by atoms with Gasteiger partial charge in [-0.05, 0) is 83.5 Å². The molecule has 1 rings (SSSR count). The zero-order valence-electron chi connectivity index (χ0n) is 52.2. The molecular weight excluding hydrogens is 1040 g/mol. The van der Waals surface area contributed by atoms with Crippen LogP contribution >= 0.6 is 0 Å². The third-order valence-electron chi connectivity index (χ3n) is 14.4. The highest BCUT2D eigenvalue weighted by atomic mass is 16.7. The Morgan fingerprint density at radius 2 is 0.795 bits per heavy atom. The van der Waals surface area contributed by atoms with E-state index in [1.165, 1.54) is 96.3 Å². The summed E-state index contributed by atoms with van der Waals surface area (Å²) >= 11 is 0. The lowest BCUT2D eigenvalue weighted by Crippen LogP contribution is -2.61. The number of esters is 3. The molecule has 0 bridgehead atoms. The molecule has 6 atom stereocenters. The summed E-state index contributed by atoms with van der Waals surface area (Å²) in [6.07, 6.45) is 66.5. The van der Waals surface area contributed by atoms with E-state index < -0.39 is 67.3 Å². The summed E-state index contributed by atoms with van der Waals surface area (Å²) in [5, 5.41) is 31.5. The van der Waals surface area contributed by atoms with Gasteiger partial charge in [0.2, 0.25) is 0 Å². The molecule has 1 saturated heterocycles. The van der Waals surface area contributed by atoms with Crippen LogP contribution in [0.25, 0.3) is 0 Å². The minimum absolute atomic E-state index is 0.148. The Labute approximate surface area is 504 Å². The molecular formula is C71H116O12. The Balaban J connectivity index is 2.70. The van der Waals surface area contributed by atoms with Crippen LogP contribution in [0, 0.1) is 0 Å². The number of hydrogen-bond acceptors (Lipinski definition) is 11. The number of aliphatic carboxylic acids is 1. The first-order valence-electron chi connectivity index (χ1n) is 32.9. The number of carbonyl (C=O) groups excluding carboxylic acids is 3. The van der Waals surface area contributed by atoms with E-state index >= 15 is 0 Å². The highest BCUT2D eigenvalue weighted by molar-refractivity contribution is 5.74. The average Bonchev–Trinajstić information content (AvgIpc) is 3.57. The molecule has 0 aromatic heterocycles. The second-order valence-electron chi connectivity index (χ2n) is 22.0. The van der Waals surface area contributed by atoms with Gasteiger partial charge < -0.3 is 39.0 Å². The molecule has 3 N–H and O–H groups in total. The molecule has 472 valence electrons. The number of allylic oxidation sites excluding steroid dienone is 17. The van der Waals surface area contributed by atoms with Gasteiger partial charge in [0.15, 0.2) is 24.6 Å². The fraction of sp³-hybridized carbons (Fsp3) is 0.690. The highest BCUT2D eigenvalue weighted by Gasteiger charge is 2.50. The number of ether oxygens (including phenoxy) is 5. The maximum absolute atomic E-state index is 13.2. The van der Waals surface area contributed by atoms with Crippen LogP contribution in [0.15, 0.2) is 109 Å². The minimum atomic E-state index is -1.94. The van der Waals surface area contributed by atoms with Crippen LogP contribution in [0.2, 0.25) is 0 Å². The van der Waals surface area contributed by atoms with Crippen molar-refractivity contribution >= 4 is 23.9 Å². The van der Waals surface area contributed by atoms with Crippen molar-refractivity contribution in [3.63, 3.8) is 0 Å². The third kappa shape index (κ3) is 47.3. The van der Waals surface area contributed by atoms with E-state index in [4.69, 9.17) is 23.7 Å². The summed E-state index contributed by atoms with van der Waals surface area (Å²) in [6, 6.07) is 0. The first kappa shape index (κ1) is 76.4. The van der Waals surface area contributed by atoms with E-state index in [0.29, 0.717) is 19.3 Å². The molecule has 12 heteroatoms. The van der Waals surface area contributed by atoms with Crippen LogP contribution in [-0.2, 0) is 42.9 Å². The lowest BCUT2D eigenvalue weighted by Gasteiger charge is -2.40. The number of carboxylic acids is 1. The molecule has 1 aliphatic rings. The van der Waals surface area contributed by atoms with Crippen LogP contribution in [0.1, 0.15) is 265 Å². The predicted octanol–water partition coefficient (Wildman–Crippen LogP) is 17.8. The van der Waals surface area contributed by atoms with Crippen molar-refractivity contribution < 1.29 is 58.2 Å². The number of rotatable bonds is 55. The van der Waals surface area contributed by atoms with Crippen molar-refractivity contribution in [1.82, 2.24) is 0 Å². The van der Waals surface area contributed by atoms with Gasteiger partial charge in [0.05, 0.1) is 13.0 Å². The largest absolute Gasteiger partial charge is 0.479 e. The Morgan fingerprint density at radius 3 is 1.22 bits per heavy atom. The maximum atomic E-state index is 13.2. The van der Waals surface area contributed by atoms with Crippen molar-refractivity contribution in [3.05, 3.63) is 109 Å². The molecule has 1 fully saturated rings. The maximum Gasteiger partial charge on any atom is 0.335 e. The van der Waals surface area contributed by atoms with E-state index in [9.17, 15) is 34.5 Å². The molecule has 0 aromatic carbocycles. The van der Waals surface area contributed by atoms with Crippen molar-refractivity contribution in [3.8, 4) is 0 Å². The molecule has 0 saturated carbocycles. The summed E-state index contributed by atoms with van der Waals surface area (Å²) in [6.45, 7) is 5.74. The van der Waals surface area contributed by atoms with Gasteiger partial charge in [-0.25, -0.2) is 4.79 Å². The van der Waals surface area contributed by atoms with E-state index in [2.05, 4.69) is 106 Å². The summed E-state index contributed by atoms with van der Waals surface area (Å²) in [4.78, 5) is 51.3. The van der Waals surface area contributed by atoms with Crippen molar-refractivity contribution in [1.29, 1.82) is 0 Å². The minimum Gasteiger partial charge on any atom is -0.479 e. The molecule has 12 nitrogen and oxygen atoms in total. The highest BCUT2D eigenvalue weighted by Crippen LogP contribution is 2.26. The number of hydrogen-bond donors (Lipinski definition) is 3. The fourth-order valence-corrected chi connectivity index (χ4v) is 9.44. The third-order valence-corrected chi connectivity index (χ3v) is 14.4. The zero-order valence-corrected chi connectivity index (χ0v) is 52.2. The molecule has 0 aliphatic carbocycles. The molecule has 0 spiro atoms. The summed E-state index contributed by atoms with van der Waals surface area (Å²) in [5.41, 5.74) is 0. The zero-order chi connectivity index (χ0) is 60.3. The summed E-state index contributed by atoms with van der Waals surface area (Å²) in [5.74, 6) is -3.30. The molecule has 6 unspecified atom stereocenters. The van der Waals surface area contributed by atoms with Crippen LogP contribution in [0.3, 0.4) is 0 Å². The smallest absolute Gasteiger partial charge is 0.335 e. The van der Waals surface area contributed by atoms with Crippen molar-refractivity contribution in [2.24, 2.45) is 0 Å². The quantitative estimate of drug-likeness (QED) is 0.0228. The Kier molecular flexibility index (Phi) is 53.2. The number of unbranched alkanes of at least 4 members (excludes halogenated alkanes) is 24. The van der Waals surface area contributed by atoms with Gasteiger partial charge in [-0.15, -0.1) is 0 Å². The Hall–Kier alpha value is -4.62. The molecule has 1 heterocycles. The SMILES string of the molecule is CC/C=C\C/C=C\C/C=C\C/C=C\C/C=C\CC(=O)OC1C(OCC(COC(=O)CCCCCCCC/C=C\C/C=C\C/C=C\C/C=C\CC)OC(=O)CCCCCCCCCCCCCCCCCCCCC)OC(C(=O)O)C(O)C1O. The second kappa shape index (κ2) is 57.8. The first-order chi connectivity index (χ1) is 40.6. The van der Waals surface area contributed by atoms with Gasteiger partial charge in [0.25, 0.3) is 0 Å². The number of carbonyl (C=O) groups is 4.